The van der Waals surface area contributed by atoms with E-state index in [9.17, 15) is 0 Å². The summed E-state index contributed by atoms with van der Waals surface area (Å²) in [6.45, 7) is 7.76. The van der Waals surface area contributed by atoms with Crippen LogP contribution in [0.1, 0.15) is 6.99 Å². The molecular weight excluding hydrogens is 252 g/mol. The highest BCUT2D eigenvalue weighted by Crippen LogP contribution is 2.02. The minimum atomic E-state index is 0. The Kier molecular flexibility index (Phi) is 4.25. The average molecular weight is 276 g/mol. The van der Waals surface area contributed by atoms with Gasteiger partial charge >= 0.3 is 0 Å². The van der Waals surface area contributed by atoms with Crippen LogP contribution in [0.25, 0.3) is 5.65 Å². The molecule has 0 radical (unpaired) electrons. The van der Waals surface area contributed by atoms with E-state index >= 15 is 0 Å². The van der Waals surface area contributed by atoms with Crippen LogP contribution in [-0.2, 0) is 6.54 Å². The molecule has 2 aromatic rings. The lowest BCUT2D eigenvalue weighted by molar-refractivity contribution is 0.154. The zero-order chi connectivity index (χ0) is 13.8. The van der Waals surface area contributed by atoms with Gasteiger partial charge in [0.2, 0.25) is 0 Å². The Labute approximate surface area is 120 Å². The predicted octanol–water partition coefficient (Wildman–Crippen LogP) is 0.312. The molecule has 1 saturated heterocycles. The van der Waals surface area contributed by atoms with Crippen molar-refractivity contribution in [2.45, 2.75) is 6.54 Å². The molecule has 20 heavy (non-hydrogen) atoms. The fraction of sp³-hybridized carbons (Fsp3) is 0.571. The van der Waals surface area contributed by atoms with Crippen LogP contribution in [0.2, 0.25) is 0 Å². The van der Waals surface area contributed by atoms with Gasteiger partial charge in [0, 0.05) is 53.4 Å². The first kappa shape index (κ1) is 13.5. The van der Waals surface area contributed by atoms with Crippen molar-refractivity contribution in [2.24, 2.45) is 0 Å². The molecule has 0 aromatic carbocycles. The number of rotatable bonds is 5. The summed E-state index contributed by atoms with van der Waals surface area (Å²) >= 11 is 0. The predicted molar refractivity (Wildman–Crippen MR) is 80.7 cm³/mol. The number of hydrogen-bond donors (Lipinski definition) is 1. The van der Waals surface area contributed by atoms with Crippen LogP contribution >= 0.6 is 0 Å². The van der Waals surface area contributed by atoms with Crippen LogP contribution in [0.5, 0.6) is 0 Å². The molecule has 0 saturated carbocycles. The van der Waals surface area contributed by atoms with Crippen LogP contribution in [0.4, 0.5) is 0 Å². The molecule has 110 valence electrons. The van der Waals surface area contributed by atoms with E-state index < -0.39 is 0 Å². The van der Waals surface area contributed by atoms with Crippen LogP contribution in [-0.4, -0.2) is 70.7 Å². The molecule has 0 aliphatic carbocycles. The van der Waals surface area contributed by atoms with E-state index in [1.54, 1.807) is 6.33 Å². The first-order valence-corrected chi connectivity index (χ1v) is 7.21. The van der Waals surface area contributed by atoms with Crippen LogP contribution in [0.15, 0.2) is 24.7 Å². The molecule has 6 nitrogen and oxygen atoms in total. The normalized spacial score (nSPS) is 17.9. The SMILES string of the molecule is CN1CCN(CCNCc2ccc3ncnn3c2)CC1.[HH]. The van der Waals surface area contributed by atoms with Gasteiger partial charge in [-0.1, -0.05) is 6.07 Å². The largest absolute Gasteiger partial charge is 0.311 e. The number of piperazine rings is 1. The number of fused-ring (bicyclic) bond motifs is 1. The van der Waals surface area contributed by atoms with Crippen LogP contribution in [0, 0.1) is 0 Å². The van der Waals surface area contributed by atoms with Crippen molar-refractivity contribution < 1.29 is 1.43 Å². The fourth-order valence-electron chi connectivity index (χ4n) is 2.51. The van der Waals surface area contributed by atoms with Gasteiger partial charge in [0.1, 0.15) is 6.33 Å². The highest BCUT2D eigenvalue weighted by Gasteiger charge is 2.12. The molecule has 1 aliphatic heterocycles. The van der Waals surface area contributed by atoms with E-state index in [1.165, 1.54) is 31.7 Å². The first-order valence-electron chi connectivity index (χ1n) is 7.21. The molecule has 3 rings (SSSR count). The molecule has 1 fully saturated rings. The number of likely N-dealkylation sites (N-methyl/N-ethyl adjacent to an activating group) is 1. The van der Waals surface area contributed by atoms with Gasteiger partial charge in [-0.05, 0) is 18.7 Å². The van der Waals surface area contributed by atoms with Gasteiger partial charge in [-0.2, -0.15) is 5.10 Å². The van der Waals surface area contributed by atoms with Gasteiger partial charge in [0.15, 0.2) is 5.65 Å². The lowest BCUT2D eigenvalue weighted by Gasteiger charge is -2.32. The van der Waals surface area contributed by atoms with Crippen molar-refractivity contribution in [2.75, 3.05) is 46.3 Å². The Morgan fingerprint density at radius 2 is 2.10 bits per heavy atom. The molecule has 0 atom stereocenters. The molecule has 1 N–H and O–H groups in total. The average Bonchev–Trinajstić information content (AvgIpc) is 2.93. The Morgan fingerprint density at radius 3 is 2.95 bits per heavy atom. The minimum Gasteiger partial charge on any atom is -0.311 e. The zero-order valence-corrected chi connectivity index (χ0v) is 12.0. The molecule has 1 aliphatic rings. The summed E-state index contributed by atoms with van der Waals surface area (Å²) in [5.74, 6) is 0. The maximum Gasteiger partial charge on any atom is 0.155 e. The molecule has 0 spiro atoms. The molecule has 3 heterocycles. The summed E-state index contributed by atoms with van der Waals surface area (Å²) in [6, 6.07) is 4.11. The van der Waals surface area contributed by atoms with Crippen molar-refractivity contribution >= 4 is 5.65 Å². The Bertz CT molecular complexity index is 549. The van der Waals surface area contributed by atoms with Crippen molar-refractivity contribution in [3.8, 4) is 0 Å². The standard InChI is InChI=1S/C14H22N6.H2/c1-18-6-8-19(9-7-18)5-4-15-10-13-2-3-14-16-12-17-20(14)11-13;/h2-3,11-12,15H,4-10H2,1H3;1H. The highest BCUT2D eigenvalue weighted by molar-refractivity contribution is 5.37. The van der Waals surface area contributed by atoms with E-state index in [4.69, 9.17) is 0 Å². The van der Waals surface area contributed by atoms with E-state index in [-0.39, 0.29) is 1.43 Å². The summed E-state index contributed by atoms with van der Waals surface area (Å²) in [5, 5.41) is 7.65. The van der Waals surface area contributed by atoms with E-state index in [0.717, 1.165) is 25.3 Å². The molecule has 0 unspecified atom stereocenters. The van der Waals surface area contributed by atoms with Gasteiger partial charge in [-0.15, -0.1) is 0 Å². The van der Waals surface area contributed by atoms with Crippen molar-refractivity contribution in [3.63, 3.8) is 0 Å². The van der Waals surface area contributed by atoms with Crippen molar-refractivity contribution in [1.82, 2.24) is 29.7 Å². The fourth-order valence-corrected chi connectivity index (χ4v) is 2.51. The maximum atomic E-state index is 4.15. The Hall–Kier alpha value is -1.50. The third kappa shape index (κ3) is 3.33. The first-order chi connectivity index (χ1) is 9.81. The number of aromatic nitrogens is 3. The number of pyridine rings is 1. The van der Waals surface area contributed by atoms with E-state index in [0.29, 0.717) is 0 Å². The van der Waals surface area contributed by atoms with E-state index in [1.807, 2.05) is 16.8 Å². The van der Waals surface area contributed by atoms with Crippen LogP contribution < -0.4 is 5.32 Å². The highest BCUT2D eigenvalue weighted by atomic mass is 15.3. The Balaban J connectivity index is 0.00000161. The summed E-state index contributed by atoms with van der Waals surface area (Å²) in [4.78, 5) is 9.05. The van der Waals surface area contributed by atoms with Crippen molar-refractivity contribution in [1.29, 1.82) is 0 Å². The van der Waals surface area contributed by atoms with Gasteiger partial charge in [0.25, 0.3) is 0 Å². The second-order valence-electron chi connectivity index (χ2n) is 5.42. The summed E-state index contributed by atoms with van der Waals surface area (Å²) < 4.78 is 1.82. The maximum absolute atomic E-state index is 4.15. The third-order valence-electron chi connectivity index (χ3n) is 3.87. The minimum absolute atomic E-state index is 0. The summed E-state index contributed by atoms with van der Waals surface area (Å²) in [6.07, 6.45) is 3.62. The zero-order valence-electron chi connectivity index (χ0n) is 12.0. The topological polar surface area (TPSA) is 48.7 Å². The van der Waals surface area contributed by atoms with Crippen molar-refractivity contribution in [3.05, 3.63) is 30.2 Å². The summed E-state index contributed by atoms with van der Waals surface area (Å²) in [7, 11) is 2.19. The lowest BCUT2D eigenvalue weighted by Crippen LogP contribution is -2.46. The smallest absolute Gasteiger partial charge is 0.155 e. The van der Waals surface area contributed by atoms with Crippen LogP contribution in [0.3, 0.4) is 0 Å². The number of nitrogens with one attached hydrogen (secondary N) is 1. The monoisotopic (exact) mass is 276 g/mol. The lowest BCUT2D eigenvalue weighted by atomic mass is 10.3. The van der Waals surface area contributed by atoms with Gasteiger partial charge in [-0.25, -0.2) is 9.50 Å². The van der Waals surface area contributed by atoms with E-state index in [2.05, 4.69) is 38.3 Å². The quantitative estimate of drug-likeness (QED) is 0.797. The van der Waals surface area contributed by atoms with Gasteiger partial charge in [-0.3, -0.25) is 4.90 Å². The molecular formula is C14H24N6. The number of nitrogens with zero attached hydrogens (tertiary/aromatic N) is 5. The molecule has 0 amide bonds. The third-order valence-corrected chi connectivity index (χ3v) is 3.87. The summed E-state index contributed by atoms with van der Waals surface area (Å²) in [5.41, 5.74) is 2.13. The molecule has 0 bridgehead atoms. The van der Waals surface area contributed by atoms with Gasteiger partial charge < -0.3 is 10.2 Å². The Morgan fingerprint density at radius 1 is 1.25 bits per heavy atom. The number of hydrogen-bond acceptors (Lipinski definition) is 5. The second kappa shape index (κ2) is 6.30. The van der Waals surface area contributed by atoms with Gasteiger partial charge in [0.05, 0.1) is 0 Å². The molecule has 6 heteroatoms. The second-order valence-corrected chi connectivity index (χ2v) is 5.42. The molecule has 2 aromatic heterocycles.